The molecule has 1 N–H and O–H groups in total. The summed E-state index contributed by atoms with van der Waals surface area (Å²) < 4.78 is 10.6. The molecular weight excluding hydrogens is 322 g/mol. The van der Waals surface area contributed by atoms with Gasteiger partial charge in [-0.2, -0.15) is 0 Å². The summed E-state index contributed by atoms with van der Waals surface area (Å²) in [6, 6.07) is 0.180. The predicted molar refractivity (Wildman–Crippen MR) is 97.5 cm³/mol. The number of hydrogen-bond donors (Lipinski definition) is 1. The highest BCUT2D eigenvalue weighted by molar-refractivity contribution is 5.76. The van der Waals surface area contributed by atoms with Crippen molar-refractivity contribution in [3.8, 4) is 0 Å². The zero-order valence-electron chi connectivity index (χ0n) is 16.8. The van der Waals surface area contributed by atoms with Crippen molar-refractivity contribution >= 4 is 12.1 Å². The van der Waals surface area contributed by atoms with Crippen LogP contribution in [0, 0.1) is 5.41 Å². The Morgan fingerprint density at radius 2 is 1.80 bits per heavy atom. The van der Waals surface area contributed by atoms with Crippen molar-refractivity contribution in [3.05, 3.63) is 0 Å². The lowest BCUT2D eigenvalue weighted by Gasteiger charge is -2.40. The van der Waals surface area contributed by atoms with Crippen LogP contribution in [-0.4, -0.2) is 79.9 Å². The van der Waals surface area contributed by atoms with Gasteiger partial charge in [-0.1, -0.05) is 0 Å². The van der Waals surface area contributed by atoms with Gasteiger partial charge in [-0.3, -0.25) is 9.69 Å². The number of carbonyl (C=O) groups excluding carboxylic acids is 2. The number of piperazine rings is 1. The zero-order valence-corrected chi connectivity index (χ0v) is 16.8. The SMILES string of the molecule is CCOC(=O)C(C)(C)CNC[C@@H]1CN(C(=O)OC(C)(C)C)CCN1C. The Morgan fingerprint density at radius 1 is 1.16 bits per heavy atom. The summed E-state index contributed by atoms with van der Waals surface area (Å²) in [5.74, 6) is -0.199. The predicted octanol–water partition coefficient (Wildman–Crippen LogP) is 1.72. The van der Waals surface area contributed by atoms with Crippen LogP contribution in [0.3, 0.4) is 0 Å². The second-order valence-electron chi connectivity index (χ2n) is 8.30. The molecule has 0 bridgehead atoms. The minimum absolute atomic E-state index is 0.180. The summed E-state index contributed by atoms with van der Waals surface area (Å²) in [6.07, 6.45) is -0.266. The van der Waals surface area contributed by atoms with Crippen molar-refractivity contribution in [3.63, 3.8) is 0 Å². The van der Waals surface area contributed by atoms with Gasteiger partial charge in [0.15, 0.2) is 0 Å². The summed E-state index contributed by atoms with van der Waals surface area (Å²) in [5, 5.41) is 3.35. The van der Waals surface area contributed by atoms with Crippen molar-refractivity contribution in [1.82, 2.24) is 15.1 Å². The second kappa shape index (κ2) is 8.85. The molecule has 1 atom stereocenters. The third-order valence-electron chi connectivity index (χ3n) is 4.20. The Balaban J connectivity index is 2.51. The Hall–Kier alpha value is -1.34. The molecule has 25 heavy (non-hydrogen) atoms. The fourth-order valence-corrected chi connectivity index (χ4v) is 2.61. The van der Waals surface area contributed by atoms with E-state index < -0.39 is 11.0 Å². The standard InChI is InChI=1S/C18H35N3O4/c1-8-24-15(22)18(5,6)13-19-11-14-12-21(10-9-20(14)7)16(23)25-17(2,3)4/h14,19H,8-13H2,1-7H3/t14-/m1/s1. The molecule has 0 aromatic heterocycles. The van der Waals surface area contributed by atoms with E-state index in [0.29, 0.717) is 32.8 Å². The lowest BCUT2D eigenvalue weighted by molar-refractivity contribution is -0.153. The molecule has 1 rings (SSSR count). The normalized spacial score (nSPS) is 19.6. The molecule has 1 fully saturated rings. The van der Waals surface area contributed by atoms with Crippen LogP contribution in [0.5, 0.6) is 0 Å². The van der Waals surface area contributed by atoms with Gasteiger partial charge in [-0.15, -0.1) is 0 Å². The van der Waals surface area contributed by atoms with Crippen LogP contribution in [0.15, 0.2) is 0 Å². The smallest absolute Gasteiger partial charge is 0.410 e. The molecule has 1 heterocycles. The fraction of sp³-hybridized carbons (Fsp3) is 0.889. The Morgan fingerprint density at radius 3 is 2.36 bits per heavy atom. The molecule has 0 unspecified atom stereocenters. The maximum Gasteiger partial charge on any atom is 0.410 e. The van der Waals surface area contributed by atoms with Gasteiger partial charge in [-0.05, 0) is 48.6 Å². The molecule has 7 heteroatoms. The first-order valence-corrected chi connectivity index (χ1v) is 9.02. The van der Waals surface area contributed by atoms with Gasteiger partial charge in [0.2, 0.25) is 0 Å². The molecule has 0 spiro atoms. The number of carbonyl (C=O) groups is 2. The number of nitrogens with one attached hydrogen (secondary N) is 1. The maximum absolute atomic E-state index is 12.3. The molecule has 1 saturated heterocycles. The van der Waals surface area contributed by atoms with E-state index in [2.05, 4.69) is 17.3 Å². The fourth-order valence-electron chi connectivity index (χ4n) is 2.61. The zero-order chi connectivity index (χ0) is 19.3. The van der Waals surface area contributed by atoms with Gasteiger partial charge >= 0.3 is 12.1 Å². The van der Waals surface area contributed by atoms with Crippen LogP contribution in [0.4, 0.5) is 4.79 Å². The lowest BCUT2D eigenvalue weighted by atomic mass is 9.93. The molecule has 1 aliphatic heterocycles. The third kappa shape index (κ3) is 7.20. The number of hydrogen-bond acceptors (Lipinski definition) is 6. The molecule has 146 valence electrons. The van der Waals surface area contributed by atoms with Crippen LogP contribution < -0.4 is 5.32 Å². The van der Waals surface area contributed by atoms with Crippen LogP contribution in [0.1, 0.15) is 41.5 Å². The number of nitrogens with zero attached hydrogens (tertiary/aromatic N) is 2. The van der Waals surface area contributed by atoms with Crippen molar-refractivity contribution in [2.24, 2.45) is 5.41 Å². The van der Waals surface area contributed by atoms with Crippen molar-refractivity contribution in [1.29, 1.82) is 0 Å². The van der Waals surface area contributed by atoms with Gasteiger partial charge in [0, 0.05) is 38.8 Å². The van der Waals surface area contributed by atoms with Crippen LogP contribution in [0.25, 0.3) is 0 Å². The minimum atomic E-state index is -0.575. The quantitative estimate of drug-likeness (QED) is 0.730. The number of likely N-dealkylation sites (N-methyl/N-ethyl adjacent to an activating group) is 1. The van der Waals surface area contributed by atoms with Gasteiger partial charge in [0.1, 0.15) is 5.60 Å². The summed E-state index contributed by atoms with van der Waals surface area (Å²) in [6.45, 7) is 14.8. The van der Waals surface area contributed by atoms with Crippen molar-refractivity contribution in [2.75, 3.05) is 46.4 Å². The molecule has 0 aromatic rings. The van der Waals surface area contributed by atoms with E-state index in [1.54, 1.807) is 4.90 Å². The number of amides is 1. The summed E-state index contributed by atoms with van der Waals surface area (Å²) in [5.41, 5.74) is -1.06. The molecular formula is C18H35N3O4. The number of esters is 1. The monoisotopic (exact) mass is 357 g/mol. The van der Waals surface area contributed by atoms with E-state index >= 15 is 0 Å². The molecule has 1 aliphatic rings. The van der Waals surface area contributed by atoms with E-state index in [4.69, 9.17) is 9.47 Å². The molecule has 0 saturated carbocycles. The third-order valence-corrected chi connectivity index (χ3v) is 4.20. The second-order valence-corrected chi connectivity index (χ2v) is 8.30. The van der Waals surface area contributed by atoms with Crippen LogP contribution in [0.2, 0.25) is 0 Å². The van der Waals surface area contributed by atoms with E-state index in [0.717, 1.165) is 6.54 Å². The number of ether oxygens (including phenoxy) is 2. The van der Waals surface area contributed by atoms with E-state index in [1.165, 1.54) is 0 Å². The van der Waals surface area contributed by atoms with Gasteiger partial charge in [-0.25, -0.2) is 4.79 Å². The van der Waals surface area contributed by atoms with Gasteiger partial charge in [0.25, 0.3) is 0 Å². The first-order valence-electron chi connectivity index (χ1n) is 9.02. The van der Waals surface area contributed by atoms with E-state index in [1.807, 2.05) is 41.5 Å². The highest BCUT2D eigenvalue weighted by atomic mass is 16.6. The molecule has 7 nitrogen and oxygen atoms in total. The Kier molecular flexibility index (Phi) is 7.68. The maximum atomic E-state index is 12.3. The minimum Gasteiger partial charge on any atom is -0.466 e. The van der Waals surface area contributed by atoms with Crippen LogP contribution in [-0.2, 0) is 14.3 Å². The van der Waals surface area contributed by atoms with E-state index in [9.17, 15) is 9.59 Å². The van der Waals surface area contributed by atoms with Crippen LogP contribution >= 0.6 is 0 Å². The largest absolute Gasteiger partial charge is 0.466 e. The highest BCUT2D eigenvalue weighted by Gasteiger charge is 2.32. The van der Waals surface area contributed by atoms with Crippen molar-refractivity contribution in [2.45, 2.75) is 53.2 Å². The topological polar surface area (TPSA) is 71.1 Å². The molecule has 0 aromatic carbocycles. The first-order chi connectivity index (χ1) is 11.5. The Labute approximate surface area is 152 Å². The average molecular weight is 357 g/mol. The number of rotatable bonds is 6. The molecule has 1 amide bonds. The summed E-state index contributed by atoms with van der Waals surface area (Å²) in [7, 11) is 2.05. The lowest BCUT2D eigenvalue weighted by Crippen LogP contribution is -2.57. The Bertz CT molecular complexity index is 460. The van der Waals surface area contributed by atoms with Gasteiger partial charge in [0.05, 0.1) is 12.0 Å². The van der Waals surface area contributed by atoms with E-state index in [-0.39, 0.29) is 18.1 Å². The average Bonchev–Trinajstić information content (AvgIpc) is 2.47. The molecule has 0 aliphatic carbocycles. The van der Waals surface area contributed by atoms with Crippen molar-refractivity contribution < 1.29 is 19.1 Å². The molecule has 0 radical (unpaired) electrons. The van der Waals surface area contributed by atoms with Gasteiger partial charge < -0.3 is 19.7 Å². The first kappa shape index (κ1) is 21.7. The summed E-state index contributed by atoms with van der Waals surface area (Å²) in [4.78, 5) is 28.2. The highest BCUT2D eigenvalue weighted by Crippen LogP contribution is 2.17. The summed E-state index contributed by atoms with van der Waals surface area (Å²) >= 11 is 0.